The summed E-state index contributed by atoms with van der Waals surface area (Å²) in [5.74, 6) is 0.0383. The quantitative estimate of drug-likeness (QED) is 0.692. The number of fused-ring (bicyclic) bond motifs is 1. The number of carbonyl (C=O) groups excluding carboxylic acids is 1. The van der Waals surface area contributed by atoms with Crippen LogP contribution < -0.4 is 5.32 Å². The maximum Gasteiger partial charge on any atom is 0.220 e. The molecule has 0 saturated carbocycles. The molecule has 0 fully saturated rings. The molecule has 0 aliphatic carbocycles. The fourth-order valence-corrected chi connectivity index (χ4v) is 2.87. The molecule has 1 aromatic heterocycles. The van der Waals surface area contributed by atoms with E-state index >= 15 is 0 Å². The highest BCUT2D eigenvalue weighted by Gasteiger charge is 2.06. The topological polar surface area (TPSA) is 71.5 Å². The average molecular weight is 308 g/mol. The van der Waals surface area contributed by atoms with Crippen LogP contribution in [-0.2, 0) is 16.0 Å². The van der Waals surface area contributed by atoms with Gasteiger partial charge in [0, 0.05) is 26.0 Å². The molecule has 2 rings (SSSR count). The molecule has 1 aromatic carbocycles. The number of aryl methyl sites for hydroxylation is 1. The Labute approximate surface area is 128 Å². The fourth-order valence-electron chi connectivity index (χ4n) is 1.90. The third-order valence-corrected chi connectivity index (χ3v) is 4.02. The van der Waals surface area contributed by atoms with Crippen LogP contribution in [0.15, 0.2) is 24.3 Å². The number of thiazole rings is 1. The van der Waals surface area contributed by atoms with Gasteiger partial charge in [0.1, 0.15) is 0 Å². The lowest BCUT2D eigenvalue weighted by Gasteiger charge is -2.04. The number of benzene rings is 1. The molecule has 5 nitrogen and oxygen atoms in total. The third kappa shape index (κ3) is 5.41. The smallest absolute Gasteiger partial charge is 0.220 e. The zero-order chi connectivity index (χ0) is 14.9. The standard InChI is InChI=1S/C15H20N2O3S/c18-9-11-20-10-3-8-16-14(19)6-7-15-17-12-4-1-2-5-13(12)21-15/h1-2,4-5,18H,3,6-11H2,(H,16,19). The van der Waals surface area contributed by atoms with Crippen LogP contribution in [0.2, 0.25) is 0 Å². The number of hydrogen-bond donors (Lipinski definition) is 2. The Kier molecular flexibility index (Phi) is 6.59. The first-order valence-corrected chi connectivity index (χ1v) is 7.91. The minimum Gasteiger partial charge on any atom is -0.394 e. The van der Waals surface area contributed by atoms with Crippen molar-refractivity contribution in [1.82, 2.24) is 10.3 Å². The molecule has 0 spiro atoms. The second-order valence-electron chi connectivity index (χ2n) is 4.61. The van der Waals surface area contributed by atoms with Gasteiger partial charge in [-0.15, -0.1) is 11.3 Å². The SMILES string of the molecule is O=C(CCc1nc2ccccc2s1)NCCCOCCO. The largest absolute Gasteiger partial charge is 0.394 e. The predicted molar refractivity (Wildman–Crippen MR) is 83.5 cm³/mol. The number of para-hydroxylation sites is 1. The first-order valence-electron chi connectivity index (χ1n) is 7.09. The molecular weight excluding hydrogens is 288 g/mol. The number of nitrogens with one attached hydrogen (secondary N) is 1. The van der Waals surface area contributed by atoms with Gasteiger partial charge in [0.2, 0.25) is 5.91 Å². The minimum atomic E-state index is 0.0362. The van der Waals surface area contributed by atoms with Crippen molar-refractivity contribution in [2.45, 2.75) is 19.3 Å². The van der Waals surface area contributed by atoms with Crippen LogP contribution in [0.4, 0.5) is 0 Å². The first-order chi connectivity index (χ1) is 10.3. The van der Waals surface area contributed by atoms with Crippen LogP contribution in [0, 0.1) is 0 Å². The van der Waals surface area contributed by atoms with Gasteiger partial charge >= 0.3 is 0 Å². The van der Waals surface area contributed by atoms with Crippen molar-refractivity contribution in [2.75, 3.05) is 26.4 Å². The van der Waals surface area contributed by atoms with Crippen LogP contribution in [0.5, 0.6) is 0 Å². The number of ether oxygens (including phenoxy) is 1. The number of aromatic nitrogens is 1. The molecule has 0 aliphatic rings. The van der Waals surface area contributed by atoms with Crippen molar-refractivity contribution in [1.29, 1.82) is 0 Å². The summed E-state index contributed by atoms with van der Waals surface area (Å²) in [6.45, 7) is 1.54. The Morgan fingerprint density at radius 3 is 3.00 bits per heavy atom. The summed E-state index contributed by atoms with van der Waals surface area (Å²) in [5, 5.41) is 12.4. The highest BCUT2D eigenvalue weighted by molar-refractivity contribution is 7.18. The molecule has 2 aromatic rings. The molecule has 2 N–H and O–H groups in total. The van der Waals surface area contributed by atoms with Crippen LogP contribution in [-0.4, -0.2) is 42.4 Å². The maximum atomic E-state index is 11.7. The normalized spacial score (nSPS) is 10.9. The van der Waals surface area contributed by atoms with Crippen molar-refractivity contribution >= 4 is 27.5 Å². The van der Waals surface area contributed by atoms with Crippen molar-refractivity contribution in [2.24, 2.45) is 0 Å². The molecule has 1 heterocycles. The fraction of sp³-hybridized carbons (Fsp3) is 0.467. The molecule has 0 saturated heterocycles. The van der Waals surface area contributed by atoms with Crippen LogP contribution >= 0.6 is 11.3 Å². The van der Waals surface area contributed by atoms with Gasteiger partial charge in [0.05, 0.1) is 28.4 Å². The van der Waals surface area contributed by atoms with Crippen molar-refractivity contribution < 1.29 is 14.6 Å². The van der Waals surface area contributed by atoms with Crippen molar-refractivity contribution in [3.05, 3.63) is 29.3 Å². The van der Waals surface area contributed by atoms with Crippen LogP contribution in [0.1, 0.15) is 17.8 Å². The van der Waals surface area contributed by atoms with Gasteiger partial charge in [0.25, 0.3) is 0 Å². The third-order valence-electron chi connectivity index (χ3n) is 2.93. The van der Waals surface area contributed by atoms with Gasteiger partial charge in [-0.25, -0.2) is 4.98 Å². The molecule has 0 atom stereocenters. The highest BCUT2D eigenvalue weighted by atomic mass is 32.1. The van der Waals surface area contributed by atoms with Gasteiger partial charge in [0.15, 0.2) is 0 Å². The number of hydrogen-bond acceptors (Lipinski definition) is 5. The zero-order valence-electron chi connectivity index (χ0n) is 11.9. The number of carbonyl (C=O) groups is 1. The summed E-state index contributed by atoms with van der Waals surface area (Å²) >= 11 is 1.64. The van der Waals surface area contributed by atoms with Gasteiger partial charge in [-0.3, -0.25) is 4.79 Å². The number of amides is 1. The Morgan fingerprint density at radius 1 is 1.33 bits per heavy atom. The Morgan fingerprint density at radius 2 is 2.19 bits per heavy atom. The molecule has 0 aliphatic heterocycles. The summed E-state index contributed by atoms with van der Waals surface area (Å²) in [7, 11) is 0. The Hall–Kier alpha value is -1.50. The molecule has 21 heavy (non-hydrogen) atoms. The number of aliphatic hydroxyl groups is 1. The molecular formula is C15H20N2O3S. The lowest BCUT2D eigenvalue weighted by atomic mass is 10.3. The minimum absolute atomic E-state index is 0.0362. The van der Waals surface area contributed by atoms with Crippen molar-refractivity contribution in [3.63, 3.8) is 0 Å². The molecule has 114 valence electrons. The Balaban J connectivity index is 1.64. The highest BCUT2D eigenvalue weighted by Crippen LogP contribution is 2.22. The maximum absolute atomic E-state index is 11.7. The second-order valence-corrected chi connectivity index (χ2v) is 5.73. The van der Waals surface area contributed by atoms with E-state index in [4.69, 9.17) is 9.84 Å². The molecule has 0 unspecified atom stereocenters. The van der Waals surface area contributed by atoms with Crippen molar-refractivity contribution in [3.8, 4) is 0 Å². The molecule has 1 amide bonds. The summed E-state index contributed by atoms with van der Waals surface area (Å²) in [4.78, 5) is 16.2. The van der Waals surface area contributed by atoms with E-state index in [-0.39, 0.29) is 12.5 Å². The summed E-state index contributed by atoms with van der Waals surface area (Å²) in [6.07, 6.45) is 1.89. The van der Waals surface area contributed by atoms with E-state index in [0.717, 1.165) is 21.6 Å². The monoisotopic (exact) mass is 308 g/mol. The van der Waals surface area contributed by atoms with Gasteiger partial charge in [-0.1, -0.05) is 12.1 Å². The van der Waals surface area contributed by atoms with E-state index in [9.17, 15) is 4.79 Å². The average Bonchev–Trinajstić information content (AvgIpc) is 2.91. The Bertz CT molecular complexity index is 538. The van der Waals surface area contributed by atoms with E-state index in [1.54, 1.807) is 11.3 Å². The number of rotatable bonds is 9. The number of aliphatic hydroxyl groups excluding tert-OH is 1. The molecule has 6 heteroatoms. The molecule has 0 bridgehead atoms. The summed E-state index contributed by atoms with van der Waals surface area (Å²) < 4.78 is 6.28. The first kappa shape index (κ1) is 15.9. The summed E-state index contributed by atoms with van der Waals surface area (Å²) in [5.41, 5.74) is 0.999. The summed E-state index contributed by atoms with van der Waals surface area (Å²) in [6, 6.07) is 8.00. The van der Waals surface area contributed by atoms with Gasteiger partial charge in [-0.2, -0.15) is 0 Å². The van der Waals surface area contributed by atoms with E-state index in [0.29, 0.717) is 32.6 Å². The van der Waals surface area contributed by atoms with Gasteiger partial charge < -0.3 is 15.2 Å². The second kappa shape index (κ2) is 8.71. The van der Waals surface area contributed by atoms with Crippen LogP contribution in [0.25, 0.3) is 10.2 Å². The van der Waals surface area contributed by atoms with E-state index in [1.165, 1.54) is 0 Å². The van der Waals surface area contributed by atoms with Gasteiger partial charge in [-0.05, 0) is 18.6 Å². The van der Waals surface area contributed by atoms with E-state index in [2.05, 4.69) is 10.3 Å². The van der Waals surface area contributed by atoms with E-state index in [1.807, 2.05) is 24.3 Å². The molecule has 0 radical (unpaired) electrons. The number of nitrogens with zero attached hydrogens (tertiary/aromatic N) is 1. The van der Waals surface area contributed by atoms with Crippen LogP contribution in [0.3, 0.4) is 0 Å². The lowest BCUT2D eigenvalue weighted by molar-refractivity contribution is -0.121. The zero-order valence-corrected chi connectivity index (χ0v) is 12.7. The van der Waals surface area contributed by atoms with E-state index < -0.39 is 0 Å². The lowest BCUT2D eigenvalue weighted by Crippen LogP contribution is -2.25. The predicted octanol–water partition coefficient (Wildman–Crippen LogP) is 1.74.